The van der Waals surface area contributed by atoms with E-state index in [4.69, 9.17) is 5.73 Å². The number of hydrogen-bond acceptors (Lipinski definition) is 2. The lowest BCUT2D eigenvalue weighted by Crippen LogP contribution is -2.01. The molecule has 0 radical (unpaired) electrons. The Morgan fingerprint density at radius 1 is 1.42 bits per heavy atom. The molecular formula is C10H15NO. The van der Waals surface area contributed by atoms with Crippen molar-refractivity contribution >= 4 is 0 Å². The highest BCUT2D eigenvalue weighted by Crippen LogP contribution is 2.21. The quantitative estimate of drug-likeness (QED) is 0.717. The summed E-state index contributed by atoms with van der Waals surface area (Å²) in [7, 11) is 0. The van der Waals surface area contributed by atoms with Gasteiger partial charge in [-0.3, -0.25) is 0 Å². The van der Waals surface area contributed by atoms with Crippen molar-refractivity contribution in [2.24, 2.45) is 5.73 Å². The maximum Gasteiger partial charge on any atom is 0.120 e. The fourth-order valence-corrected chi connectivity index (χ4v) is 1.36. The molecule has 0 atom stereocenters. The first-order valence-electron chi connectivity index (χ1n) is 4.29. The summed E-state index contributed by atoms with van der Waals surface area (Å²) in [4.78, 5) is 0. The molecule has 2 heteroatoms. The summed E-state index contributed by atoms with van der Waals surface area (Å²) >= 11 is 0. The molecule has 0 aromatic heterocycles. The normalized spacial score (nSPS) is 10.2. The summed E-state index contributed by atoms with van der Waals surface area (Å²) < 4.78 is 0. The van der Waals surface area contributed by atoms with Gasteiger partial charge >= 0.3 is 0 Å². The first kappa shape index (κ1) is 9.07. The number of aryl methyl sites for hydroxylation is 1. The lowest BCUT2D eigenvalue weighted by molar-refractivity contribution is 0.467. The molecule has 0 amide bonds. The summed E-state index contributed by atoms with van der Waals surface area (Å²) in [6.45, 7) is 2.53. The maximum absolute atomic E-state index is 9.44. The molecule has 0 aliphatic heterocycles. The van der Waals surface area contributed by atoms with Crippen molar-refractivity contribution in [3.63, 3.8) is 0 Å². The number of phenolic OH excluding ortho intramolecular Hbond substituents is 1. The van der Waals surface area contributed by atoms with E-state index in [1.165, 1.54) is 5.56 Å². The van der Waals surface area contributed by atoms with E-state index >= 15 is 0 Å². The second-order valence-electron chi connectivity index (χ2n) is 2.87. The predicted molar refractivity (Wildman–Crippen MR) is 50.0 cm³/mol. The molecule has 0 bridgehead atoms. The van der Waals surface area contributed by atoms with Gasteiger partial charge in [-0.25, -0.2) is 0 Å². The largest absolute Gasteiger partial charge is 0.508 e. The van der Waals surface area contributed by atoms with Crippen LogP contribution in [0.25, 0.3) is 0 Å². The Bertz CT molecular complexity index is 258. The van der Waals surface area contributed by atoms with E-state index in [0.29, 0.717) is 12.3 Å². The number of aromatic hydroxyl groups is 1. The average molecular weight is 165 g/mol. The number of rotatable bonds is 3. The van der Waals surface area contributed by atoms with Gasteiger partial charge in [-0.15, -0.1) is 0 Å². The van der Waals surface area contributed by atoms with Crippen molar-refractivity contribution < 1.29 is 5.11 Å². The van der Waals surface area contributed by atoms with Gasteiger partial charge in [0.15, 0.2) is 0 Å². The van der Waals surface area contributed by atoms with Crippen molar-refractivity contribution in [3.05, 3.63) is 29.3 Å². The molecule has 2 nitrogen and oxygen atoms in total. The van der Waals surface area contributed by atoms with Crippen LogP contribution in [0.15, 0.2) is 18.2 Å². The van der Waals surface area contributed by atoms with Crippen molar-refractivity contribution in [2.75, 3.05) is 0 Å². The zero-order chi connectivity index (χ0) is 8.97. The summed E-state index contributed by atoms with van der Waals surface area (Å²) in [6, 6.07) is 5.56. The van der Waals surface area contributed by atoms with Gasteiger partial charge in [-0.05, 0) is 18.1 Å². The Balaban J connectivity index is 3.00. The highest BCUT2D eigenvalue weighted by Gasteiger charge is 2.03. The van der Waals surface area contributed by atoms with Crippen LogP contribution >= 0.6 is 0 Å². The molecule has 0 saturated heterocycles. The van der Waals surface area contributed by atoms with Crippen LogP contribution in [0.1, 0.15) is 24.5 Å². The minimum Gasteiger partial charge on any atom is -0.508 e. The zero-order valence-electron chi connectivity index (χ0n) is 7.38. The SMILES string of the molecule is CCCc1cccc(O)c1CN. The van der Waals surface area contributed by atoms with Crippen molar-refractivity contribution in [1.82, 2.24) is 0 Å². The van der Waals surface area contributed by atoms with E-state index in [2.05, 4.69) is 6.92 Å². The van der Waals surface area contributed by atoms with Gasteiger partial charge in [-0.1, -0.05) is 25.5 Å². The number of hydrogen-bond donors (Lipinski definition) is 2. The third kappa shape index (κ3) is 1.77. The molecule has 12 heavy (non-hydrogen) atoms. The molecule has 3 N–H and O–H groups in total. The van der Waals surface area contributed by atoms with Crippen LogP contribution in [0.4, 0.5) is 0 Å². The molecule has 0 heterocycles. The van der Waals surface area contributed by atoms with Crippen LogP contribution in [-0.2, 0) is 13.0 Å². The van der Waals surface area contributed by atoms with Gasteiger partial charge in [0.1, 0.15) is 5.75 Å². The Morgan fingerprint density at radius 3 is 2.75 bits per heavy atom. The molecule has 1 aromatic rings. The number of benzene rings is 1. The molecule has 1 rings (SSSR count). The van der Waals surface area contributed by atoms with E-state index in [0.717, 1.165) is 18.4 Å². The second-order valence-corrected chi connectivity index (χ2v) is 2.87. The monoisotopic (exact) mass is 165 g/mol. The first-order valence-corrected chi connectivity index (χ1v) is 4.29. The third-order valence-corrected chi connectivity index (χ3v) is 1.97. The van der Waals surface area contributed by atoms with Gasteiger partial charge in [0.25, 0.3) is 0 Å². The Morgan fingerprint density at radius 2 is 2.17 bits per heavy atom. The lowest BCUT2D eigenvalue weighted by Gasteiger charge is -2.07. The van der Waals surface area contributed by atoms with Gasteiger partial charge in [0.05, 0.1) is 0 Å². The lowest BCUT2D eigenvalue weighted by atomic mass is 10.0. The standard InChI is InChI=1S/C10H15NO/c1-2-4-8-5-3-6-10(12)9(8)7-11/h3,5-6,12H,2,4,7,11H2,1H3. The summed E-state index contributed by atoms with van der Waals surface area (Å²) in [6.07, 6.45) is 2.07. The topological polar surface area (TPSA) is 46.2 Å². The first-order chi connectivity index (χ1) is 5.79. The second kappa shape index (κ2) is 4.12. The minimum absolute atomic E-state index is 0.323. The van der Waals surface area contributed by atoms with Crippen molar-refractivity contribution in [1.29, 1.82) is 0 Å². The smallest absolute Gasteiger partial charge is 0.120 e. The summed E-state index contributed by atoms with van der Waals surface area (Å²) in [5.74, 6) is 0.323. The molecule has 0 fully saturated rings. The van der Waals surface area contributed by atoms with E-state index in [9.17, 15) is 5.11 Å². The van der Waals surface area contributed by atoms with E-state index < -0.39 is 0 Å². The molecule has 1 aromatic carbocycles. The molecule has 0 aliphatic rings. The summed E-state index contributed by atoms with van der Waals surface area (Å²) in [5.41, 5.74) is 7.58. The molecule has 0 aliphatic carbocycles. The zero-order valence-corrected chi connectivity index (χ0v) is 7.38. The number of nitrogens with two attached hydrogens (primary N) is 1. The minimum atomic E-state index is 0.323. The van der Waals surface area contributed by atoms with Crippen LogP contribution in [-0.4, -0.2) is 5.11 Å². The highest BCUT2D eigenvalue weighted by atomic mass is 16.3. The highest BCUT2D eigenvalue weighted by molar-refractivity contribution is 5.39. The van der Waals surface area contributed by atoms with Crippen LogP contribution < -0.4 is 5.73 Å². The molecule has 0 saturated carbocycles. The van der Waals surface area contributed by atoms with E-state index in [1.807, 2.05) is 12.1 Å². The van der Waals surface area contributed by atoms with Crippen molar-refractivity contribution in [2.45, 2.75) is 26.3 Å². The number of phenols is 1. The van der Waals surface area contributed by atoms with Crippen LogP contribution in [0, 0.1) is 0 Å². The molecule has 0 spiro atoms. The molecule has 0 unspecified atom stereocenters. The average Bonchev–Trinajstić information content (AvgIpc) is 2.05. The summed E-state index contributed by atoms with van der Waals surface area (Å²) in [5, 5.41) is 9.44. The van der Waals surface area contributed by atoms with Crippen molar-refractivity contribution in [3.8, 4) is 5.75 Å². The molecular weight excluding hydrogens is 150 g/mol. The Labute approximate surface area is 73.0 Å². The predicted octanol–water partition coefficient (Wildman–Crippen LogP) is 1.80. The molecule has 66 valence electrons. The van der Waals surface area contributed by atoms with Crippen LogP contribution in [0.5, 0.6) is 5.75 Å². The van der Waals surface area contributed by atoms with E-state index in [-0.39, 0.29) is 0 Å². The van der Waals surface area contributed by atoms with Gasteiger partial charge in [0, 0.05) is 12.1 Å². The maximum atomic E-state index is 9.44. The third-order valence-electron chi connectivity index (χ3n) is 1.97. The van der Waals surface area contributed by atoms with Gasteiger partial charge in [-0.2, -0.15) is 0 Å². The van der Waals surface area contributed by atoms with E-state index in [1.54, 1.807) is 6.07 Å². The van der Waals surface area contributed by atoms with Crippen LogP contribution in [0.3, 0.4) is 0 Å². The van der Waals surface area contributed by atoms with Crippen LogP contribution in [0.2, 0.25) is 0 Å². The fraction of sp³-hybridized carbons (Fsp3) is 0.400. The van der Waals surface area contributed by atoms with Gasteiger partial charge in [0.2, 0.25) is 0 Å². The van der Waals surface area contributed by atoms with Gasteiger partial charge < -0.3 is 10.8 Å². The Hall–Kier alpha value is -1.02. The Kier molecular flexibility index (Phi) is 3.11. The fourth-order valence-electron chi connectivity index (χ4n) is 1.36.